The number of esters is 1. The molecule has 0 aliphatic rings. The Bertz CT molecular complexity index is 664. The SMILES string of the molecule is COC(=O)c1ccnc(Nc2ccc(F)cc2Cl)c1N. The Hall–Kier alpha value is -2.34. The highest BCUT2D eigenvalue weighted by atomic mass is 35.5. The third-order valence-corrected chi connectivity index (χ3v) is 2.89. The number of anilines is 3. The van der Waals surface area contributed by atoms with E-state index in [1.54, 1.807) is 0 Å². The molecule has 0 amide bonds. The number of ether oxygens (including phenoxy) is 1. The lowest BCUT2D eigenvalue weighted by molar-refractivity contribution is 0.0602. The quantitative estimate of drug-likeness (QED) is 0.851. The summed E-state index contributed by atoms with van der Waals surface area (Å²) in [7, 11) is 1.26. The maximum Gasteiger partial charge on any atom is 0.340 e. The predicted molar refractivity (Wildman–Crippen MR) is 74.7 cm³/mol. The van der Waals surface area contributed by atoms with Crippen LogP contribution in [0, 0.1) is 5.82 Å². The number of rotatable bonds is 3. The van der Waals surface area contributed by atoms with E-state index in [1.165, 1.54) is 31.5 Å². The van der Waals surface area contributed by atoms with E-state index >= 15 is 0 Å². The summed E-state index contributed by atoms with van der Waals surface area (Å²) >= 11 is 5.90. The summed E-state index contributed by atoms with van der Waals surface area (Å²) in [5.41, 5.74) is 6.58. The molecule has 0 aliphatic carbocycles. The standard InChI is InChI=1S/C13H11ClFN3O2/c1-20-13(19)8-4-5-17-12(11(8)16)18-10-3-2-7(15)6-9(10)14/h2-6H,16H2,1H3,(H,17,18). The smallest absolute Gasteiger partial charge is 0.340 e. The monoisotopic (exact) mass is 295 g/mol. The van der Waals surface area contributed by atoms with Crippen LogP contribution in [0.4, 0.5) is 21.6 Å². The number of nitrogens with one attached hydrogen (secondary N) is 1. The minimum Gasteiger partial charge on any atom is -0.465 e. The Labute approximate surface area is 119 Å². The van der Waals surface area contributed by atoms with Gasteiger partial charge in [0.15, 0.2) is 5.82 Å². The molecular formula is C13H11ClFN3O2. The van der Waals surface area contributed by atoms with Crippen molar-refractivity contribution in [1.82, 2.24) is 4.98 Å². The topological polar surface area (TPSA) is 77.2 Å². The van der Waals surface area contributed by atoms with E-state index in [4.69, 9.17) is 17.3 Å². The van der Waals surface area contributed by atoms with Crippen LogP contribution in [0.2, 0.25) is 5.02 Å². The Balaban J connectivity index is 2.37. The summed E-state index contributed by atoms with van der Waals surface area (Å²) in [6, 6.07) is 5.29. The van der Waals surface area contributed by atoms with Gasteiger partial charge in [0.05, 0.1) is 29.1 Å². The summed E-state index contributed by atoms with van der Waals surface area (Å²) in [6.45, 7) is 0. The third kappa shape index (κ3) is 2.80. The fourth-order valence-electron chi connectivity index (χ4n) is 1.58. The number of aromatic nitrogens is 1. The third-order valence-electron chi connectivity index (χ3n) is 2.58. The average Bonchev–Trinajstić information content (AvgIpc) is 2.43. The summed E-state index contributed by atoms with van der Waals surface area (Å²) in [6.07, 6.45) is 1.41. The van der Waals surface area contributed by atoms with Gasteiger partial charge in [-0.05, 0) is 24.3 Å². The Morgan fingerprint density at radius 2 is 2.20 bits per heavy atom. The molecule has 0 fully saturated rings. The molecule has 104 valence electrons. The van der Waals surface area contributed by atoms with Gasteiger partial charge in [-0.2, -0.15) is 0 Å². The number of carbonyl (C=O) groups is 1. The molecule has 0 saturated heterocycles. The van der Waals surface area contributed by atoms with Crippen LogP contribution in [0.25, 0.3) is 0 Å². The van der Waals surface area contributed by atoms with Crippen molar-refractivity contribution >= 4 is 34.8 Å². The fourth-order valence-corrected chi connectivity index (χ4v) is 1.79. The van der Waals surface area contributed by atoms with Gasteiger partial charge in [-0.3, -0.25) is 0 Å². The second kappa shape index (κ2) is 5.75. The van der Waals surface area contributed by atoms with Crippen LogP contribution in [0.5, 0.6) is 0 Å². The highest BCUT2D eigenvalue weighted by Gasteiger charge is 2.14. The molecule has 1 aromatic heterocycles. The van der Waals surface area contributed by atoms with Crippen molar-refractivity contribution in [1.29, 1.82) is 0 Å². The first-order valence-electron chi connectivity index (χ1n) is 5.57. The lowest BCUT2D eigenvalue weighted by Crippen LogP contribution is -2.09. The second-order valence-electron chi connectivity index (χ2n) is 3.86. The first-order valence-corrected chi connectivity index (χ1v) is 5.95. The number of methoxy groups -OCH3 is 1. The molecule has 2 aromatic rings. The minimum atomic E-state index is -0.571. The average molecular weight is 296 g/mol. The molecule has 1 aromatic carbocycles. The van der Waals surface area contributed by atoms with E-state index in [9.17, 15) is 9.18 Å². The lowest BCUT2D eigenvalue weighted by Gasteiger charge is -2.11. The van der Waals surface area contributed by atoms with Gasteiger partial charge in [0.25, 0.3) is 0 Å². The van der Waals surface area contributed by atoms with Gasteiger partial charge in [0, 0.05) is 6.20 Å². The van der Waals surface area contributed by atoms with Gasteiger partial charge < -0.3 is 15.8 Å². The number of halogens is 2. The number of pyridine rings is 1. The van der Waals surface area contributed by atoms with Crippen LogP contribution in [-0.2, 0) is 4.74 Å². The largest absolute Gasteiger partial charge is 0.465 e. The van der Waals surface area contributed by atoms with E-state index in [-0.39, 0.29) is 22.1 Å². The van der Waals surface area contributed by atoms with Gasteiger partial charge in [0.2, 0.25) is 0 Å². The molecule has 0 radical (unpaired) electrons. The summed E-state index contributed by atoms with van der Waals surface area (Å²) in [5.74, 6) is -0.788. The van der Waals surface area contributed by atoms with Crippen molar-refractivity contribution in [2.75, 3.05) is 18.2 Å². The van der Waals surface area contributed by atoms with Crippen molar-refractivity contribution < 1.29 is 13.9 Å². The highest BCUT2D eigenvalue weighted by Crippen LogP contribution is 2.29. The van der Waals surface area contributed by atoms with Crippen molar-refractivity contribution in [3.63, 3.8) is 0 Å². The van der Waals surface area contributed by atoms with E-state index in [1.807, 2.05) is 0 Å². The molecule has 0 saturated carbocycles. The van der Waals surface area contributed by atoms with Gasteiger partial charge in [-0.1, -0.05) is 11.6 Å². The van der Waals surface area contributed by atoms with Crippen molar-refractivity contribution in [3.05, 3.63) is 46.9 Å². The Morgan fingerprint density at radius 1 is 1.45 bits per heavy atom. The van der Waals surface area contributed by atoms with Crippen molar-refractivity contribution in [2.24, 2.45) is 0 Å². The number of hydrogen-bond donors (Lipinski definition) is 2. The Kier molecular flexibility index (Phi) is 4.05. The number of nitrogen functional groups attached to an aromatic ring is 1. The molecule has 20 heavy (non-hydrogen) atoms. The molecule has 0 spiro atoms. The Morgan fingerprint density at radius 3 is 2.85 bits per heavy atom. The number of hydrogen-bond acceptors (Lipinski definition) is 5. The maximum absolute atomic E-state index is 13.0. The summed E-state index contributed by atoms with van der Waals surface area (Å²) < 4.78 is 17.6. The van der Waals surface area contributed by atoms with Gasteiger partial charge in [-0.15, -0.1) is 0 Å². The first kappa shape index (κ1) is 14.1. The molecule has 7 heteroatoms. The maximum atomic E-state index is 13.0. The van der Waals surface area contributed by atoms with Crippen LogP contribution in [0.3, 0.4) is 0 Å². The second-order valence-corrected chi connectivity index (χ2v) is 4.27. The molecule has 2 rings (SSSR count). The molecule has 0 atom stereocenters. The number of nitrogens with two attached hydrogens (primary N) is 1. The fraction of sp³-hybridized carbons (Fsp3) is 0.0769. The zero-order chi connectivity index (χ0) is 14.7. The molecule has 5 nitrogen and oxygen atoms in total. The van der Waals surface area contributed by atoms with Gasteiger partial charge >= 0.3 is 5.97 Å². The zero-order valence-electron chi connectivity index (χ0n) is 10.5. The van der Waals surface area contributed by atoms with Crippen molar-refractivity contribution in [3.8, 4) is 0 Å². The van der Waals surface area contributed by atoms with Gasteiger partial charge in [-0.25, -0.2) is 14.2 Å². The molecular weight excluding hydrogens is 285 g/mol. The number of nitrogens with zero attached hydrogens (tertiary/aromatic N) is 1. The normalized spacial score (nSPS) is 10.2. The van der Waals surface area contributed by atoms with Crippen LogP contribution in [-0.4, -0.2) is 18.1 Å². The van der Waals surface area contributed by atoms with Crippen LogP contribution >= 0.6 is 11.6 Å². The van der Waals surface area contributed by atoms with E-state index in [2.05, 4.69) is 15.0 Å². The lowest BCUT2D eigenvalue weighted by atomic mass is 10.2. The molecule has 0 unspecified atom stereocenters. The predicted octanol–water partition coefficient (Wildman–Crippen LogP) is 2.99. The molecule has 0 bridgehead atoms. The van der Waals surface area contributed by atoms with Gasteiger partial charge in [0.1, 0.15) is 5.82 Å². The van der Waals surface area contributed by atoms with Crippen molar-refractivity contribution in [2.45, 2.75) is 0 Å². The minimum absolute atomic E-state index is 0.125. The van der Waals surface area contributed by atoms with E-state index < -0.39 is 11.8 Å². The van der Waals surface area contributed by atoms with E-state index in [0.29, 0.717) is 5.69 Å². The molecule has 3 N–H and O–H groups in total. The number of carbonyl (C=O) groups excluding carboxylic acids is 1. The summed E-state index contributed by atoms with van der Waals surface area (Å²) in [4.78, 5) is 15.5. The zero-order valence-corrected chi connectivity index (χ0v) is 11.2. The van der Waals surface area contributed by atoms with E-state index in [0.717, 1.165) is 6.07 Å². The van der Waals surface area contributed by atoms with Crippen LogP contribution < -0.4 is 11.1 Å². The highest BCUT2D eigenvalue weighted by molar-refractivity contribution is 6.33. The molecule has 0 aliphatic heterocycles. The molecule has 1 heterocycles. The summed E-state index contributed by atoms with van der Waals surface area (Å²) in [5, 5.41) is 3.02. The number of benzene rings is 1. The van der Waals surface area contributed by atoms with Crippen LogP contribution in [0.15, 0.2) is 30.5 Å². The van der Waals surface area contributed by atoms with Crippen LogP contribution in [0.1, 0.15) is 10.4 Å². The first-order chi connectivity index (χ1) is 9.52.